The summed E-state index contributed by atoms with van der Waals surface area (Å²) in [7, 11) is -3.34. The van der Waals surface area contributed by atoms with E-state index in [1.54, 1.807) is 0 Å². The molecule has 0 aliphatic carbocycles. The van der Waals surface area contributed by atoms with Crippen molar-refractivity contribution in [1.29, 1.82) is 0 Å². The van der Waals surface area contributed by atoms with Crippen LogP contribution < -0.4 is 5.32 Å². The summed E-state index contributed by atoms with van der Waals surface area (Å²) in [5.41, 5.74) is 6.39. The third kappa shape index (κ3) is 8.46. The van der Waals surface area contributed by atoms with Crippen molar-refractivity contribution < 1.29 is 18.3 Å². The quantitative estimate of drug-likeness (QED) is 0.250. The molecular formula is C32H40ClN5O4S. The third-order valence-corrected chi connectivity index (χ3v) is 9.44. The Morgan fingerprint density at radius 3 is 2.70 bits per heavy atom. The number of halogens is 1. The molecule has 9 nitrogen and oxygen atoms in total. The van der Waals surface area contributed by atoms with Gasteiger partial charge in [-0.2, -0.15) is 9.40 Å². The maximum Gasteiger partial charge on any atom is 0.211 e. The molecule has 3 heterocycles. The third-order valence-electron chi connectivity index (χ3n) is 7.87. The lowest BCUT2D eigenvalue weighted by Gasteiger charge is -2.27. The molecule has 5 rings (SSSR count). The monoisotopic (exact) mass is 625 g/mol. The highest BCUT2D eigenvalue weighted by Gasteiger charge is 2.30. The molecule has 1 fully saturated rings. The molecule has 0 amide bonds. The molecule has 0 radical (unpaired) electrons. The molecule has 0 bridgehead atoms. The van der Waals surface area contributed by atoms with Crippen LogP contribution in [0.5, 0.6) is 0 Å². The van der Waals surface area contributed by atoms with Crippen molar-refractivity contribution in [3.63, 3.8) is 0 Å². The van der Waals surface area contributed by atoms with Crippen LogP contribution in [0.25, 0.3) is 11.3 Å². The average Bonchev–Trinajstić information content (AvgIpc) is 3.37. The number of aliphatic hydroxyl groups is 1. The van der Waals surface area contributed by atoms with E-state index in [4.69, 9.17) is 26.5 Å². The number of hydrogen-bond acceptors (Lipinski definition) is 7. The highest BCUT2D eigenvalue weighted by atomic mass is 35.5. The summed E-state index contributed by atoms with van der Waals surface area (Å²) in [5, 5.41) is 17.9. The van der Waals surface area contributed by atoms with E-state index in [-0.39, 0.29) is 6.61 Å². The first-order valence-electron chi connectivity index (χ1n) is 14.9. The summed E-state index contributed by atoms with van der Waals surface area (Å²) in [6.07, 6.45) is 3.56. The first-order chi connectivity index (χ1) is 20.8. The van der Waals surface area contributed by atoms with Crippen LogP contribution >= 0.6 is 11.6 Å². The molecule has 0 unspecified atom stereocenters. The molecule has 2 aliphatic heterocycles. The number of nitrogens with zero attached hydrogens (tertiary/aromatic N) is 4. The number of aliphatic hydroxyl groups excluding tert-OH is 1. The van der Waals surface area contributed by atoms with Crippen molar-refractivity contribution in [2.45, 2.75) is 38.9 Å². The van der Waals surface area contributed by atoms with Crippen molar-refractivity contribution in [2.24, 2.45) is 0 Å². The number of aryl methyl sites for hydroxylation is 1. The highest BCUT2D eigenvalue weighted by Crippen LogP contribution is 2.33. The summed E-state index contributed by atoms with van der Waals surface area (Å²) in [6.45, 7) is 7.58. The summed E-state index contributed by atoms with van der Waals surface area (Å²) in [6, 6.07) is 13.8. The Bertz CT molecular complexity index is 1570. The standard InChI is InChI=1S/C32H40ClN5O4S/c1-43(40,41)37-15-11-31-29(24-37)32(35-38(31)14-4-13-36-16-19-42-20-17-36)28-9-10-30(33)27(22-28)8-7-25-5-2-6-26(21-25)23-34-12-3-18-39/h2,5-6,9-10,21-22,34,39H,3-4,11-20,23-24H2,1H3. The van der Waals surface area contributed by atoms with Gasteiger partial charge in [-0.15, -0.1) is 0 Å². The summed E-state index contributed by atoms with van der Waals surface area (Å²) in [5.74, 6) is 6.49. The maximum absolute atomic E-state index is 12.5. The van der Waals surface area contributed by atoms with Gasteiger partial charge in [0, 0.05) is 86.8 Å². The summed E-state index contributed by atoms with van der Waals surface area (Å²) in [4.78, 5) is 2.42. The van der Waals surface area contributed by atoms with Gasteiger partial charge in [-0.1, -0.05) is 41.6 Å². The lowest BCUT2D eigenvalue weighted by Crippen LogP contribution is -2.37. The zero-order valence-electron chi connectivity index (χ0n) is 24.7. The Labute approximate surface area is 259 Å². The van der Waals surface area contributed by atoms with Gasteiger partial charge >= 0.3 is 0 Å². The van der Waals surface area contributed by atoms with Gasteiger partial charge in [0.15, 0.2) is 0 Å². The Morgan fingerprint density at radius 2 is 1.91 bits per heavy atom. The SMILES string of the molecule is CS(=O)(=O)N1CCc2c(c(-c3ccc(Cl)c(C#Cc4cccc(CNCCCO)c4)c3)nn2CCCN2CCOCC2)C1. The van der Waals surface area contributed by atoms with Gasteiger partial charge in [0.2, 0.25) is 10.0 Å². The predicted molar refractivity (Wildman–Crippen MR) is 169 cm³/mol. The van der Waals surface area contributed by atoms with Gasteiger partial charge in [0.05, 0.1) is 30.2 Å². The number of rotatable bonds is 11. The van der Waals surface area contributed by atoms with Crippen molar-refractivity contribution in [2.75, 3.05) is 58.8 Å². The molecule has 1 saturated heterocycles. The van der Waals surface area contributed by atoms with Gasteiger partial charge in [-0.25, -0.2) is 8.42 Å². The van der Waals surface area contributed by atoms with Gasteiger partial charge < -0.3 is 15.2 Å². The first-order valence-corrected chi connectivity index (χ1v) is 17.1. The minimum Gasteiger partial charge on any atom is -0.396 e. The number of benzene rings is 2. The van der Waals surface area contributed by atoms with E-state index >= 15 is 0 Å². The van der Waals surface area contributed by atoms with E-state index in [2.05, 4.69) is 26.7 Å². The van der Waals surface area contributed by atoms with Crippen LogP contribution in [0.4, 0.5) is 0 Å². The number of ether oxygens (including phenoxy) is 1. The molecule has 2 N–H and O–H groups in total. The normalized spacial score (nSPS) is 16.1. The van der Waals surface area contributed by atoms with Gasteiger partial charge in [0.25, 0.3) is 0 Å². The van der Waals surface area contributed by atoms with Crippen molar-refractivity contribution in [1.82, 2.24) is 24.3 Å². The van der Waals surface area contributed by atoms with Crippen LogP contribution in [0.15, 0.2) is 42.5 Å². The number of aromatic nitrogens is 2. The Morgan fingerprint density at radius 1 is 1.07 bits per heavy atom. The highest BCUT2D eigenvalue weighted by molar-refractivity contribution is 7.88. The summed E-state index contributed by atoms with van der Waals surface area (Å²) >= 11 is 6.59. The van der Waals surface area contributed by atoms with Crippen molar-refractivity contribution in [3.05, 3.63) is 75.4 Å². The molecule has 0 atom stereocenters. The molecule has 2 aliphatic rings. The molecular weight excluding hydrogens is 586 g/mol. The van der Waals surface area contributed by atoms with Crippen LogP contribution in [-0.2, 0) is 40.8 Å². The second kappa shape index (κ2) is 14.8. The van der Waals surface area contributed by atoms with E-state index in [1.165, 1.54) is 10.6 Å². The molecule has 0 saturated carbocycles. The second-order valence-corrected chi connectivity index (χ2v) is 13.4. The zero-order chi connectivity index (χ0) is 30.2. The van der Waals surface area contributed by atoms with Crippen LogP contribution in [0.2, 0.25) is 5.02 Å². The largest absolute Gasteiger partial charge is 0.396 e. The number of fused-ring (bicyclic) bond motifs is 1. The lowest BCUT2D eigenvalue weighted by molar-refractivity contribution is 0.0368. The fourth-order valence-electron chi connectivity index (χ4n) is 5.54. The van der Waals surface area contributed by atoms with Crippen molar-refractivity contribution in [3.8, 4) is 23.1 Å². The number of hydrogen-bond donors (Lipinski definition) is 2. The average molecular weight is 626 g/mol. The van der Waals surface area contributed by atoms with E-state index in [1.807, 2.05) is 42.5 Å². The number of morpholine rings is 1. The minimum atomic E-state index is -3.34. The fourth-order valence-corrected chi connectivity index (χ4v) is 6.49. The van der Waals surface area contributed by atoms with Crippen LogP contribution in [0.1, 0.15) is 40.8 Å². The Balaban J connectivity index is 1.39. The van der Waals surface area contributed by atoms with Gasteiger partial charge in [0.1, 0.15) is 0 Å². The van der Waals surface area contributed by atoms with E-state index in [0.29, 0.717) is 36.6 Å². The Kier molecular flexibility index (Phi) is 10.9. The van der Waals surface area contributed by atoms with Crippen LogP contribution in [0.3, 0.4) is 0 Å². The number of nitrogens with one attached hydrogen (secondary N) is 1. The lowest BCUT2D eigenvalue weighted by atomic mass is 10.0. The van der Waals surface area contributed by atoms with Gasteiger partial charge in [-0.3, -0.25) is 9.58 Å². The number of sulfonamides is 1. The molecule has 3 aromatic rings. The molecule has 1 aromatic heterocycles. The van der Waals surface area contributed by atoms with E-state index < -0.39 is 10.0 Å². The van der Waals surface area contributed by atoms with Crippen molar-refractivity contribution >= 4 is 21.6 Å². The molecule has 43 heavy (non-hydrogen) atoms. The molecule has 230 valence electrons. The maximum atomic E-state index is 12.5. The summed E-state index contributed by atoms with van der Waals surface area (Å²) < 4.78 is 34.0. The van der Waals surface area contributed by atoms with E-state index in [9.17, 15) is 8.42 Å². The van der Waals surface area contributed by atoms with E-state index in [0.717, 1.165) is 92.4 Å². The predicted octanol–water partition coefficient (Wildman–Crippen LogP) is 3.12. The smallest absolute Gasteiger partial charge is 0.211 e. The van der Waals surface area contributed by atoms with Gasteiger partial charge in [-0.05, 0) is 49.2 Å². The fraction of sp³-hybridized carbons (Fsp3) is 0.469. The van der Waals surface area contributed by atoms with Crippen LogP contribution in [-0.4, -0.2) is 91.3 Å². The van der Waals surface area contributed by atoms with Crippen LogP contribution in [0, 0.1) is 11.8 Å². The Hall–Kier alpha value is -2.75. The molecule has 2 aromatic carbocycles. The minimum absolute atomic E-state index is 0.173. The second-order valence-electron chi connectivity index (χ2n) is 11.1. The molecule has 11 heteroatoms. The topological polar surface area (TPSA) is 99.9 Å². The zero-order valence-corrected chi connectivity index (χ0v) is 26.3. The molecule has 0 spiro atoms. The first kappa shape index (κ1) is 31.7.